The average molecular weight is 215 g/mol. The van der Waals surface area contributed by atoms with E-state index in [9.17, 15) is 0 Å². The van der Waals surface area contributed by atoms with Crippen molar-refractivity contribution in [1.29, 1.82) is 0 Å². The molecule has 0 heterocycles. The van der Waals surface area contributed by atoms with Crippen LogP contribution in [-0.2, 0) is 4.74 Å². The summed E-state index contributed by atoms with van der Waals surface area (Å²) in [4.78, 5) is 0. The fourth-order valence-electron chi connectivity index (χ4n) is 1.42. The molecule has 0 spiro atoms. The van der Waals surface area contributed by atoms with E-state index in [4.69, 9.17) is 4.74 Å². The van der Waals surface area contributed by atoms with Crippen molar-refractivity contribution in [1.82, 2.24) is 5.32 Å². The molecule has 0 aliphatic heterocycles. The van der Waals surface area contributed by atoms with E-state index in [1.807, 2.05) is 0 Å². The zero-order chi connectivity index (χ0) is 11.9. The molecule has 0 aromatic heterocycles. The number of nitrogens with one attached hydrogen (secondary N) is 1. The van der Waals surface area contributed by atoms with Crippen LogP contribution in [0.15, 0.2) is 0 Å². The minimum Gasteiger partial charge on any atom is -0.379 e. The van der Waals surface area contributed by atoms with Crippen molar-refractivity contribution >= 4 is 0 Å². The standard InChI is InChI=1S/C13H29NO/c1-11(2)9-14-10-12(3)7-8-13(4,5)15-6/h11-12,14H,7-10H2,1-6H3. The van der Waals surface area contributed by atoms with E-state index in [-0.39, 0.29) is 5.60 Å². The Morgan fingerprint density at radius 2 is 1.73 bits per heavy atom. The summed E-state index contributed by atoms with van der Waals surface area (Å²) in [5, 5.41) is 3.50. The quantitative estimate of drug-likeness (QED) is 0.672. The number of methoxy groups -OCH3 is 1. The van der Waals surface area contributed by atoms with Crippen LogP contribution in [0.3, 0.4) is 0 Å². The lowest BCUT2D eigenvalue weighted by Gasteiger charge is -2.24. The van der Waals surface area contributed by atoms with Crippen LogP contribution in [0.4, 0.5) is 0 Å². The van der Waals surface area contributed by atoms with Crippen LogP contribution >= 0.6 is 0 Å². The first-order valence-corrected chi connectivity index (χ1v) is 6.13. The van der Waals surface area contributed by atoms with Crippen molar-refractivity contribution in [3.63, 3.8) is 0 Å². The first-order valence-electron chi connectivity index (χ1n) is 6.13. The van der Waals surface area contributed by atoms with Crippen molar-refractivity contribution in [2.45, 2.75) is 53.1 Å². The fourth-order valence-corrected chi connectivity index (χ4v) is 1.42. The summed E-state index contributed by atoms with van der Waals surface area (Å²) in [6, 6.07) is 0. The highest BCUT2D eigenvalue weighted by molar-refractivity contribution is 4.70. The topological polar surface area (TPSA) is 21.3 Å². The minimum absolute atomic E-state index is 0.0340. The summed E-state index contributed by atoms with van der Waals surface area (Å²) in [5.74, 6) is 1.48. The van der Waals surface area contributed by atoms with Gasteiger partial charge in [0, 0.05) is 7.11 Å². The van der Waals surface area contributed by atoms with Crippen LogP contribution in [0, 0.1) is 11.8 Å². The van der Waals surface area contributed by atoms with Crippen LogP contribution in [0.1, 0.15) is 47.5 Å². The molecule has 2 nitrogen and oxygen atoms in total. The molecule has 0 radical (unpaired) electrons. The van der Waals surface area contributed by atoms with Crippen LogP contribution in [0.5, 0.6) is 0 Å². The van der Waals surface area contributed by atoms with Gasteiger partial charge in [0.05, 0.1) is 5.60 Å². The van der Waals surface area contributed by atoms with E-state index >= 15 is 0 Å². The van der Waals surface area contributed by atoms with Crippen LogP contribution in [0.25, 0.3) is 0 Å². The Morgan fingerprint density at radius 3 is 2.20 bits per heavy atom. The van der Waals surface area contributed by atoms with Gasteiger partial charge in [0.25, 0.3) is 0 Å². The maximum absolute atomic E-state index is 5.41. The highest BCUT2D eigenvalue weighted by Gasteiger charge is 2.17. The number of hydrogen-bond donors (Lipinski definition) is 1. The zero-order valence-corrected chi connectivity index (χ0v) is 11.4. The third-order valence-corrected chi connectivity index (χ3v) is 2.84. The number of ether oxygens (including phenoxy) is 1. The summed E-state index contributed by atoms with van der Waals surface area (Å²) in [7, 11) is 1.79. The molecule has 0 aromatic rings. The molecule has 0 amide bonds. The van der Waals surface area contributed by atoms with E-state index in [2.05, 4.69) is 39.9 Å². The molecule has 0 aliphatic carbocycles. The lowest BCUT2D eigenvalue weighted by atomic mass is 9.96. The van der Waals surface area contributed by atoms with Crippen molar-refractivity contribution in [3.8, 4) is 0 Å². The van der Waals surface area contributed by atoms with E-state index < -0.39 is 0 Å². The van der Waals surface area contributed by atoms with Crippen LogP contribution in [-0.4, -0.2) is 25.8 Å². The predicted octanol–water partition coefficient (Wildman–Crippen LogP) is 3.07. The van der Waals surface area contributed by atoms with Crippen molar-refractivity contribution in [3.05, 3.63) is 0 Å². The Balaban J connectivity index is 3.53. The Hall–Kier alpha value is -0.0800. The Bertz CT molecular complexity index is 155. The molecule has 1 atom stereocenters. The summed E-state index contributed by atoms with van der Waals surface area (Å²) in [6.07, 6.45) is 2.36. The van der Waals surface area contributed by atoms with Gasteiger partial charge in [0.2, 0.25) is 0 Å². The van der Waals surface area contributed by atoms with Gasteiger partial charge in [-0.05, 0) is 51.6 Å². The third kappa shape index (κ3) is 8.88. The smallest absolute Gasteiger partial charge is 0.0622 e. The molecule has 0 bridgehead atoms. The first-order chi connectivity index (χ1) is 6.87. The molecular formula is C13H29NO. The molecule has 2 heteroatoms. The molecule has 15 heavy (non-hydrogen) atoms. The number of hydrogen-bond acceptors (Lipinski definition) is 2. The van der Waals surface area contributed by atoms with Gasteiger partial charge in [-0.1, -0.05) is 20.8 Å². The second-order valence-electron chi connectivity index (χ2n) is 5.66. The maximum atomic E-state index is 5.41. The van der Waals surface area contributed by atoms with E-state index in [0.717, 1.165) is 31.3 Å². The molecule has 0 fully saturated rings. The van der Waals surface area contributed by atoms with Gasteiger partial charge in [0.15, 0.2) is 0 Å². The highest BCUT2D eigenvalue weighted by Crippen LogP contribution is 2.18. The second-order valence-corrected chi connectivity index (χ2v) is 5.66. The number of rotatable bonds is 8. The summed E-state index contributed by atoms with van der Waals surface area (Å²) in [6.45, 7) is 13.3. The molecule has 92 valence electrons. The van der Waals surface area contributed by atoms with Gasteiger partial charge in [-0.3, -0.25) is 0 Å². The monoisotopic (exact) mass is 215 g/mol. The summed E-state index contributed by atoms with van der Waals surface area (Å²) < 4.78 is 5.41. The Kier molecular flexibility index (Phi) is 7.20. The first kappa shape index (κ1) is 14.9. The van der Waals surface area contributed by atoms with Gasteiger partial charge >= 0.3 is 0 Å². The van der Waals surface area contributed by atoms with Gasteiger partial charge in [-0.15, -0.1) is 0 Å². The van der Waals surface area contributed by atoms with E-state index in [1.165, 1.54) is 6.42 Å². The highest BCUT2D eigenvalue weighted by atomic mass is 16.5. The van der Waals surface area contributed by atoms with Crippen molar-refractivity contribution in [2.24, 2.45) is 11.8 Å². The average Bonchev–Trinajstić information content (AvgIpc) is 2.14. The van der Waals surface area contributed by atoms with Gasteiger partial charge in [-0.25, -0.2) is 0 Å². The Morgan fingerprint density at radius 1 is 1.13 bits per heavy atom. The summed E-state index contributed by atoms with van der Waals surface area (Å²) >= 11 is 0. The maximum Gasteiger partial charge on any atom is 0.0622 e. The molecule has 0 aliphatic rings. The van der Waals surface area contributed by atoms with Gasteiger partial charge in [0.1, 0.15) is 0 Å². The van der Waals surface area contributed by atoms with Crippen molar-refractivity contribution < 1.29 is 4.74 Å². The van der Waals surface area contributed by atoms with E-state index in [0.29, 0.717) is 0 Å². The molecule has 0 rings (SSSR count). The van der Waals surface area contributed by atoms with E-state index in [1.54, 1.807) is 7.11 Å². The second kappa shape index (κ2) is 7.24. The molecule has 0 aromatic carbocycles. The molecule has 0 saturated carbocycles. The molecular weight excluding hydrogens is 186 g/mol. The lowest BCUT2D eigenvalue weighted by molar-refractivity contribution is 0.0109. The lowest BCUT2D eigenvalue weighted by Crippen LogP contribution is -2.28. The van der Waals surface area contributed by atoms with Gasteiger partial charge < -0.3 is 10.1 Å². The van der Waals surface area contributed by atoms with Crippen LogP contribution in [0.2, 0.25) is 0 Å². The summed E-state index contributed by atoms with van der Waals surface area (Å²) in [5.41, 5.74) is 0.0340. The Labute approximate surface area is 95.8 Å². The largest absolute Gasteiger partial charge is 0.379 e. The third-order valence-electron chi connectivity index (χ3n) is 2.84. The fraction of sp³-hybridized carbons (Fsp3) is 1.00. The minimum atomic E-state index is 0.0340. The van der Waals surface area contributed by atoms with Crippen LogP contribution < -0.4 is 5.32 Å². The predicted molar refractivity (Wildman–Crippen MR) is 67.2 cm³/mol. The molecule has 1 unspecified atom stereocenters. The van der Waals surface area contributed by atoms with Crippen molar-refractivity contribution in [2.75, 3.05) is 20.2 Å². The van der Waals surface area contributed by atoms with Gasteiger partial charge in [-0.2, -0.15) is 0 Å². The molecule has 1 N–H and O–H groups in total. The molecule has 0 saturated heterocycles. The SMILES string of the molecule is COC(C)(C)CCC(C)CNCC(C)C. The normalized spacial score (nSPS) is 14.6. The zero-order valence-electron chi connectivity index (χ0n) is 11.4.